The predicted octanol–water partition coefficient (Wildman–Crippen LogP) is -0.561. The first-order chi connectivity index (χ1) is 22.8. The molecule has 0 unspecified atom stereocenters. The van der Waals surface area contributed by atoms with Crippen molar-refractivity contribution in [3.05, 3.63) is 0 Å². The molecule has 7 rings (SSSR count). The van der Waals surface area contributed by atoms with Crippen LogP contribution in [0, 0.1) is 11.3 Å². The van der Waals surface area contributed by atoms with Crippen molar-refractivity contribution in [3.8, 4) is 6.07 Å². The minimum absolute atomic E-state index is 0.0217. The standard InChI is InChI=1S/C20H32N4O5.C13H24N2O4/c1-20(2)28-18-17(26)15(27-19(18)29-20)12-23-8-5-13(6-9-23)22-11-16(25)24-7-3-4-14(24)10-21;1-13(2)18-11-10(16)9(17-12(11)19-13)7-15-5-3-8(14)4-6-15/h13-15,17-19,22,26H,3-9,11-12H2,1-2H3;8-12,16H,3-7,14H2,1-2H3/t14-,15+,17-,18+,19+;9-,10+,11-,12-/m01/s1. The van der Waals surface area contributed by atoms with Gasteiger partial charge in [0.05, 0.1) is 12.6 Å². The molecule has 15 nitrogen and oxygen atoms in total. The van der Waals surface area contributed by atoms with E-state index in [1.165, 1.54) is 0 Å². The van der Waals surface area contributed by atoms with E-state index in [1.807, 2.05) is 27.7 Å². The molecular weight excluding hydrogens is 624 g/mol. The molecule has 0 aromatic heterocycles. The Hall–Kier alpha value is -1.52. The molecule has 7 aliphatic heterocycles. The van der Waals surface area contributed by atoms with Crippen molar-refractivity contribution in [3.63, 3.8) is 0 Å². The van der Waals surface area contributed by atoms with Crippen LogP contribution in [-0.2, 0) is 33.2 Å². The first kappa shape index (κ1) is 36.3. The molecule has 1 amide bonds. The average molecular weight is 681 g/mol. The highest BCUT2D eigenvalue weighted by Gasteiger charge is 2.55. The summed E-state index contributed by atoms with van der Waals surface area (Å²) >= 11 is 0. The maximum atomic E-state index is 12.4. The Labute approximate surface area is 283 Å². The molecule has 0 aliphatic carbocycles. The van der Waals surface area contributed by atoms with Gasteiger partial charge in [-0.2, -0.15) is 5.26 Å². The van der Waals surface area contributed by atoms with Gasteiger partial charge in [-0.15, -0.1) is 0 Å². The number of nitrogens with one attached hydrogen (secondary N) is 1. The average Bonchev–Trinajstić information content (AvgIpc) is 3.83. The van der Waals surface area contributed by atoms with Crippen LogP contribution in [-0.4, -0.2) is 162 Å². The summed E-state index contributed by atoms with van der Waals surface area (Å²) in [5, 5.41) is 33.3. The summed E-state index contributed by atoms with van der Waals surface area (Å²) in [4.78, 5) is 18.6. The Bertz CT molecular complexity index is 1140. The van der Waals surface area contributed by atoms with E-state index in [9.17, 15) is 15.0 Å². The Morgan fingerprint density at radius 1 is 0.812 bits per heavy atom. The van der Waals surface area contributed by atoms with Crippen molar-refractivity contribution < 1.29 is 43.4 Å². The summed E-state index contributed by atoms with van der Waals surface area (Å²) < 4.78 is 34.5. The molecule has 0 bridgehead atoms. The molecule has 0 aromatic carbocycles. The van der Waals surface area contributed by atoms with Crippen LogP contribution in [0.25, 0.3) is 0 Å². The molecule has 7 aliphatic rings. The summed E-state index contributed by atoms with van der Waals surface area (Å²) in [6.07, 6.45) is 1.98. The van der Waals surface area contributed by atoms with Gasteiger partial charge >= 0.3 is 0 Å². The van der Waals surface area contributed by atoms with E-state index >= 15 is 0 Å². The second-order valence-corrected chi connectivity index (χ2v) is 15.2. The summed E-state index contributed by atoms with van der Waals surface area (Å²) in [6.45, 7) is 13.4. The van der Waals surface area contributed by atoms with Crippen LogP contribution in [0.15, 0.2) is 0 Å². The Morgan fingerprint density at radius 3 is 1.79 bits per heavy atom. The largest absolute Gasteiger partial charge is 0.387 e. The number of piperidine rings is 2. The first-order valence-electron chi connectivity index (χ1n) is 17.8. The topological polar surface area (TPSA) is 184 Å². The van der Waals surface area contributed by atoms with Gasteiger partial charge in [-0.3, -0.25) is 4.79 Å². The van der Waals surface area contributed by atoms with E-state index in [4.69, 9.17) is 39.4 Å². The number of carbonyl (C=O) groups is 1. The van der Waals surface area contributed by atoms with Gasteiger partial charge in [0, 0.05) is 31.7 Å². The minimum Gasteiger partial charge on any atom is -0.387 e. The zero-order chi connectivity index (χ0) is 34.2. The van der Waals surface area contributed by atoms with Gasteiger partial charge in [-0.1, -0.05) is 0 Å². The normalized spacial score (nSPS) is 40.0. The van der Waals surface area contributed by atoms with Crippen molar-refractivity contribution in [2.75, 3.05) is 52.4 Å². The molecule has 7 fully saturated rings. The summed E-state index contributed by atoms with van der Waals surface area (Å²) in [7, 11) is 0. The molecule has 0 spiro atoms. The monoisotopic (exact) mass is 680 g/mol. The third-order valence-electron chi connectivity index (χ3n) is 10.6. The highest BCUT2D eigenvalue weighted by Crippen LogP contribution is 2.39. The smallest absolute Gasteiger partial charge is 0.237 e. The Morgan fingerprint density at radius 2 is 1.31 bits per heavy atom. The number of carbonyl (C=O) groups excluding carboxylic acids is 1. The van der Waals surface area contributed by atoms with Gasteiger partial charge < -0.3 is 64.4 Å². The molecule has 7 heterocycles. The van der Waals surface area contributed by atoms with Crippen molar-refractivity contribution in [2.24, 2.45) is 5.73 Å². The van der Waals surface area contributed by atoms with Gasteiger partial charge in [-0.25, -0.2) is 0 Å². The van der Waals surface area contributed by atoms with E-state index in [2.05, 4.69) is 21.2 Å². The number of fused-ring (bicyclic) bond motifs is 2. The number of likely N-dealkylation sites (tertiary alicyclic amines) is 3. The van der Waals surface area contributed by atoms with Crippen LogP contribution in [0.1, 0.15) is 66.2 Å². The quantitative estimate of drug-likeness (QED) is 0.268. The second-order valence-electron chi connectivity index (χ2n) is 15.2. The fraction of sp³-hybridized carbons (Fsp3) is 0.939. The summed E-state index contributed by atoms with van der Waals surface area (Å²) in [5.74, 6) is -1.36. The molecule has 9 atom stereocenters. The number of nitrogens with two attached hydrogens (primary N) is 1. The second kappa shape index (κ2) is 15.0. The van der Waals surface area contributed by atoms with Crippen LogP contribution in [0.4, 0.5) is 0 Å². The lowest BCUT2D eigenvalue weighted by atomic mass is 10.0. The van der Waals surface area contributed by atoms with Gasteiger partial charge in [0.2, 0.25) is 5.91 Å². The minimum atomic E-state index is -0.717. The van der Waals surface area contributed by atoms with Crippen LogP contribution in [0.2, 0.25) is 0 Å². The number of amides is 1. The van der Waals surface area contributed by atoms with Gasteiger partial charge in [0.1, 0.15) is 42.7 Å². The Balaban J connectivity index is 0.000000182. The van der Waals surface area contributed by atoms with Crippen LogP contribution < -0.4 is 11.1 Å². The fourth-order valence-corrected chi connectivity index (χ4v) is 7.91. The fourth-order valence-electron chi connectivity index (χ4n) is 7.91. The van der Waals surface area contributed by atoms with E-state index in [0.717, 1.165) is 64.7 Å². The number of hydrogen-bond donors (Lipinski definition) is 4. The van der Waals surface area contributed by atoms with Crippen molar-refractivity contribution >= 4 is 5.91 Å². The molecule has 15 heteroatoms. The Kier molecular flexibility index (Phi) is 11.3. The predicted molar refractivity (Wildman–Crippen MR) is 171 cm³/mol. The maximum absolute atomic E-state index is 12.4. The van der Waals surface area contributed by atoms with E-state index in [0.29, 0.717) is 38.3 Å². The molecular formula is C33H56N6O9. The van der Waals surface area contributed by atoms with Gasteiger partial charge in [0.15, 0.2) is 24.2 Å². The van der Waals surface area contributed by atoms with Crippen LogP contribution in [0.3, 0.4) is 0 Å². The van der Waals surface area contributed by atoms with Crippen molar-refractivity contribution in [2.45, 2.75) is 145 Å². The number of nitriles is 1. The van der Waals surface area contributed by atoms with Gasteiger partial charge in [0.25, 0.3) is 0 Å². The molecule has 48 heavy (non-hydrogen) atoms. The number of aliphatic hydroxyl groups is 2. The molecule has 272 valence electrons. The number of hydrogen-bond acceptors (Lipinski definition) is 14. The first-order valence-corrected chi connectivity index (χ1v) is 17.8. The zero-order valence-electron chi connectivity index (χ0n) is 28.9. The molecule has 0 saturated carbocycles. The SMILES string of the molecule is CC1(C)O[C@H]2O[C@H](CN3CCC(N)CC3)[C@H](O)[C@H]2O1.CC1(C)O[C@H]2O[C@H](CN3CCC(NCC(=O)N4CCC[C@H]4C#N)CC3)[C@H](O)[C@H]2O1. The molecule has 5 N–H and O–H groups in total. The molecule has 0 radical (unpaired) electrons. The number of nitrogens with zero attached hydrogens (tertiary/aromatic N) is 4. The lowest BCUT2D eigenvalue weighted by Gasteiger charge is -2.35. The maximum Gasteiger partial charge on any atom is 0.237 e. The zero-order valence-corrected chi connectivity index (χ0v) is 28.9. The van der Waals surface area contributed by atoms with Crippen molar-refractivity contribution in [1.82, 2.24) is 20.0 Å². The van der Waals surface area contributed by atoms with E-state index in [-0.39, 0.29) is 30.3 Å². The molecule has 7 saturated heterocycles. The lowest BCUT2D eigenvalue weighted by molar-refractivity contribution is -0.217. The van der Waals surface area contributed by atoms with E-state index < -0.39 is 42.5 Å². The number of rotatable bonds is 7. The highest BCUT2D eigenvalue weighted by atomic mass is 16.8. The van der Waals surface area contributed by atoms with Crippen LogP contribution in [0.5, 0.6) is 0 Å². The third kappa shape index (κ3) is 8.50. The number of ether oxygens (including phenoxy) is 6. The summed E-state index contributed by atoms with van der Waals surface area (Å²) in [5.41, 5.74) is 5.89. The van der Waals surface area contributed by atoms with E-state index in [1.54, 1.807) is 4.90 Å². The van der Waals surface area contributed by atoms with Gasteiger partial charge in [-0.05, 0) is 92.4 Å². The summed E-state index contributed by atoms with van der Waals surface area (Å²) in [6, 6.07) is 2.56. The van der Waals surface area contributed by atoms with Crippen LogP contribution >= 0.6 is 0 Å². The van der Waals surface area contributed by atoms with Crippen molar-refractivity contribution in [1.29, 1.82) is 5.26 Å². The highest BCUT2D eigenvalue weighted by molar-refractivity contribution is 5.79. The lowest BCUT2D eigenvalue weighted by Crippen LogP contribution is -2.49. The molecule has 0 aromatic rings. The third-order valence-corrected chi connectivity index (χ3v) is 10.6. The number of aliphatic hydroxyl groups excluding tert-OH is 2.